The van der Waals surface area contributed by atoms with Gasteiger partial charge in [0, 0.05) is 13.2 Å². The van der Waals surface area contributed by atoms with Crippen molar-refractivity contribution >= 4 is 0 Å². The van der Waals surface area contributed by atoms with E-state index in [0.717, 1.165) is 38.9 Å². The number of hydrogen-bond donors (Lipinski definition) is 2. The van der Waals surface area contributed by atoms with Gasteiger partial charge in [-0.05, 0) is 12.8 Å². The van der Waals surface area contributed by atoms with Gasteiger partial charge in [0.15, 0.2) is 0 Å². The van der Waals surface area contributed by atoms with Crippen LogP contribution in [0.3, 0.4) is 0 Å². The lowest BCUT2D eigenvalue weighted by Crippen LogP contribution is -1.85. The topological polar surface area (TPSA) is 53.0 Å². The number of ether oxygens (including phenoxy) is 1. The molecular weight excluding hydrogens is 144 g/mol. The summed E-state index contributed by atoms with van der Waals surface area (Å²) in [6.45, 7) is 2.57. The minimum atomic E-state index is 0.283. The molecule has 0 saturated carbocycles. The average molecular weight is 162 g/mol. The van der Waals surface area contributed by atoms with E-state index in [2.05, 4.69) is 4.74 Å². The van der Waals surface area contributed by atoms with E-state index < -0.39 is 0 Å². The Morgan fingerprint density at radius 1 is 0.818 bits per heavy atom. The zero-order valence-corrected chi connectivity index (χ0v) is 6.96. The highest BCUT2D eigenvalue weighted by molar-refractivity contribution is 4.39. The fourth-order valence-electron chi connectivity index (χ4n) is 0.577. The molecule has 0 aromatic rings. The Labute approximate surface area is 68.0 Å². The van der Waals surface area contributed by atoms with Crippen molar-refractivity contribution in [3.05, 3.63) is 0 Å². The lowest BCUT2D eigenvalue weighted by atomic mass is 10.2. The Morgan fingerprint density at radius 3 is 1.36 bits per heavy atom. The van der Waals surface area contributed by atoms with Crippen LogP contribution in [0.1, 0.15) is 25.7 Å². The Balaban J connectivity index is 0.000000271. The lowest BCUT2D eigenvalue weighted by Gasteiger charge is -1.93. The Bertz CT molecular complexity index is 55.6. The molecule has 3 nitrogen and oxygen atoms in total. The van der Waals surface area contributed by atoms with Gasteiger partial charge in [0.2, 0.25) is 0 Å². The van der Waals surface area contributed by atoms with Crippen LogP contribution in [0.2, 0.25) is 0 Å². The molecule has 0 bridgehead atoms. The molecule has 0 aromatic heterocycles. The molecule has 1 aliphatic heterocycles. The summed E-state index contributed by atoms with van der Waals surface area (Å²) >= 11 is 0. The molecule has 1 aliphatic rings. The standard InChI is InChI=1S/C6H14O2.C2H4O/c7-5-3-1-2-4-6-8;1-2-3-1/h7-8H,1-6H2;1-2H2. The van der Waals surface area contributed by atoms with Crippen molar-refractivity contribution in [2.24, 2.45) is 0 Å². The summed E-state index contributed by atoms with van der Waals surface area (Å²) in [5.74, 6) is 0. The Morgan fingerprint density at radius 2 is 1.18 bits per heavy atom. The van der Waals surface area contributed by atoms with Crippen LogP contribution in [-0.4, -0.2) is 36.6 Å². The molecule has 1 fully saturated rings. The fourth-order valence-corrected chi connectivity index (χ4v) is 0.577. The van der Waals surface area contributed by atoms with E-state index in [1.807, 2.05) is 0 Å². The third-order valence-electron chi connectivity index (χ3n) is 1.27. The molecular formula is C8H18O3. The SMILES string of the molecule is C1CO1.OCCCCCCO. The van der Waals surface area contributed by atoms with E-state index in [0.29, 0.717) is 0 Å². The van der Waals surface area contributed by atoms with Gasteiger partial charge in [-0.25, -0.2) is 0 Å². The maximum Gasteiger partial charge on any atom is 0.0701 e. The van der Waals surface area contributed by atoms with E-state index in [-0.39, 0.29) is 13.2 Å². The van der Waals surface area contributed by atoms with Gasteiger partial charge in [-0.2, -0.15) is 0 Å². The largest absolute Gasteiger partial charge is 0.396 e. The first-order chi connectivity index (χ1) is 5.41. The van der Waals surface area contributed by atoms with E-state index in [1.165, 1.54) is 0 Å². The van der Waals surface area contributed by atoms with E-state index in [9.17, 15) is 0 Å². The highest BCUT2D eigenvalue weighted by Crippen LogP contribution is 1.96. The van der Waals surface area contributed by atoms with Crippen LogP contribution in [0.25, 0.3) is 0 Å². The first kappa shape index (κ1) is 10.9. The molecule has 0 aliphatic carbocycles. The summed E-state index contributed by atoms with van der Waals surface area (Å²) in [6.07, 6.45) is 3.83. The monoisotopic (exact) mass is 162 g/mol. The number of unbranched alkanes of at least 4 members (excludes halogenated alkanes) is 3. The lowest BCUT2D eigenvalue weighted by molar-refractivity contribution is 0.265. The molecule has 0 aromatic carbocycles. The van der Waals surface area contributed by atoms with Crippen molar-refractivity contribution in [3.63, 3.8) is 0 Å². The minimum absolute atomic E-state index is 0.283. The van der Waals surface area contributed by atoms with Crippen LogP contribution >= 0.6 is 0 Å². The molecule has 11 heavy (non-hydrogen) atoms. The van der Waals surface area contributed by atoms with Gasteiger partial charge in [-0.3, -0.25) is 0 Å². The molecule has 2 N–H and O–H groups in total. The number of epoxide rings is 1. The second kappa shape index (κ2) is 9.88. The first-order valence-electron chi connectivity index (χ1n) is 4.21. The van der Waals surface area contributed by atoms with Crippen LogP contribution in [0, 0.1) is 0 Å². The molecule has 0 atom stereocenters. The first-order valence-corrected chi connectivity index (χ1v) is 4.21. The Kier molecular flexibility index (Phi) is 9.77. The van der Waals surface area contributed by atoms with Crippen molar-refractivity contribution < 1.29 is 14.9 Å². The molecule has 0 radical (unpaired) electrons. The highest BCUT2D eigenvalue weighted by atomic mass is 16.6. The molecule has 1 rings (SSSR count). The number of aliphatic hydroxyl groups is 2. The van der Waals surface area contributed by atoms with E-state index in [4.69, 9.17) is 10.2 Å². The van der Waals surface area contributed by atoms with Crippen molar-refractivity contribution in [3.8, 4) is 0 Å². The van der Waals surface area contributed by atoms with Gasteiger partial charge in [0.25, 0.3) is 0 Å². The van der Waals surface area contributed by atoms with Gasteiger partial charge in [-0.1, -0.05) is 12.8 Å². The van der Waals surface area contributed by atoms with Crippen molar-refractivity contribution in [2.75, 3.05) is 26.4 Å². The van der Waals surface area contributed by atoms with Crippen LogP contribution in [0.15, 0.2) is 0 Å². The predicted molar refractivity (Wildman–Crippen MR) is 43.5 cm³/mol. The van der Waals surface area contributed by atoms with E-state index >= 15 is 0 Å². The summed E-state index contributed by atoms with van der Waals surface area (Å²) in [5, 5.41) is 16.6. The van der Waals surface area contributed by atoms with Crippen molar-refractivity contribution in [1.29, 1.82) is 0 Å². The van der Waals surface area contributed by atoms with Crippen molar-refractivity contribution in [1.82, 2.24) is 0 Å². The molecule has 0 unspecified atom stereocenters. The van der Waals surface area contributed by atoms with Crippen LogP contribution < -0.4 is 0 Å². The second-order valence-corrected chi connectivity index (χ2v) is 2.47. The molecule has 1 heterocycles. The molecule has 3 heteroatoms. The zero-order chi connectivity index (χ0) is 8.36. The van der Waals surface area contributed by atoms with Gasteiger partial charge in [0.1, 0.15) is 0 Å². The van der Waals surface area contributed by atoms with Gasteiger partial charge >= 0.3 is 0 Å². The third-order valence-corrected chi connectivity index (χ3v) is 1.27. The average Bonchev–Trinajstić information content (AvgIpc) is 2.84. The summed E-state index contributed by atoms with van der Waals surface area (Å²) in [6, 6.07) is 0. The molecule has 68 valence electrons. The molecule has 0 spiro atoms. The quantitative estimate of drug-likeness (QED) is 0.458. The molecule has 0 amide bonds. The number of aliphatic hydroxyl groups excluding tert-OH is 2. The van der Waals surface area contributed by atoms with Crippen LogP contribution in [0.5, 0.6) is 0 Å². The maximum atomic E-state index is 8.30. The number of hydrogen-bond acceptors (Lipinski definition) is 3. The second-order valence-electron chi connectivity index (χ2n) is 2.47. The maximum absolute atomic E-state index is 8.30. The third kappa shape index (κ3) is 17.7. The smallest absolute Gasteiger partial charge is 0.0701 e. The van der Waals surface area contributed by atoms with Crippen molar-refractivity contribution in [2.45, 2.75) is 25.7 Å². The summed E-state index contributed by atoms with van der Waals surface area (Å²) < 4.78 is 4.50. The van der Waals surface area contributed by atoms with Gasteiger partial charge in [-0.15, -0.1) is 0 Å². The fraction of sp³-hybridized carbons (Fsp3) is 1.00. The summed E-state index contributed by atoms with van der Waals surface area (Å²) in [4.78, 5) is 0. The zero-order valence-electron chi connectivity index (χ0n) is 6.96. The summed E-state index contributed by atoms with van der Waals surface area (Å²) in [7, 11) is 0. The normalized spacial score (nSPS) is 13.6. The van der Waals surface area contributed by atoms with E-state index in [1.54, 1.807) is 0 Å². The van der Waals surface area contributed by atoms with Gasteiger partial charge in [0.05, 0.1) is 13.2 Å². The predicted octanol–water partition coefficient (Wildman–Crippen LogP) is 0.548. The summed E-state index contributed by atoms with van der Waals surface area (Å²) in [5.41, 5.74) is 0. The molecule has 1 saturated heterocycles. The minimum Gasteiger partial charge on any atom is -0.396 e. The Hall–Kier alpha value is -0.120. The van der Waals surface area contributed by atoms with Gasteiger partial charge < -0.3 is 14.9 Å². The van der Waals surface area contributed by atoms with Crippen LogP contribution in [-0.2, 0) is 4.74 Å². The van der Waals surface area contributed by atoms with Crippen LogP contribution in [0.4, 0.5) is 0 Å². The number of rotatable bonds is 5. The highest BCUT2D eigenvalue weighted by Gasteiger charge is 1.94.